The lowest BCUT2D eigenvalue weighted by atomic mass is 10.1. The van der Waals surface area contributed by atoms with Crippen LogP contribution in [-0.2, 0) is 6.61 Å². The Bertz CT molecular complexity index is 902. The minimum absolute atomic E-state index is 0.231. The molecule has 26 heavy (non-hydrogen) atoms. The predicted octanol–water partition coefficient (Wildman–Crippen LogP) is 4.64. The summed E-state index contributed by atoms with van der Waals surface area (Å²) in [5.74, 6) is 0.468. The third kappa shape index (κ3) is 4.36. The number of benzene rings is 3. The van der Waals surface area contributed by atoms with Gasteiger partial charge in [-0.1, -0.05) is 42.5 Å². The fourth-order valence-electron chi connectivity index (χ4n) is 2.49. The van der Waals surface area contributed by atoms with Crippen LogP contribution in [0.15, 0.2) is 72.8 Å². The molecule has 0 aliphatic heterocycles. The van der Waals surface area contributed by atoms with Crippen molar-refractivity contribution in [1.29, 1.82) is 0 Å². The van der Waals surface area contributed by atoms with E-state index in [1.165, 1.54) is 0 Å². The summed E-state index contributed by atoms with van der Waals surface area (Å²) in [5, 5.41) is 2.84. The van der Waals surface area contributed by atoms with E-state index in [2.05, 4.69) is 5.32 Å². The van der Waals surface area contributed by atoms with Gasteiger partial charge >= 0.3 is 0 Å². The van der Waals surface area contributed by atoms with Crippen LogP contribution in [0.1, 0.15) is 31.8 Å². The number of anilines is 1. The molecule has 1 N–H and O–H groups in total. The number of nitrogens with one attached hydrogen (secondary N) is 1. The van der Waals surface area contributed by atoms with E-state index in [0.29, 0.717) is 29.2 Å². The van der Waals surface area contributed by atoms with Crippen molar-refractivity contribution in [3.8, 4) is 5.75 Å². The van der Waals surface area contributed by atoms with Crippen molar-refractivity contribution in [2.75, 3.05) is 5.32 Å². The molecule has 4 nitrogen and oxygen atoms in total. The highest BCUT2D eigenvalue weighted by molar-refractivity contribution is 6.05. The zero-order valence-electron chi connectivity index (χ0n) is 14.4. The lowest BCUT2D eigenvalue weighted by Gasteiger charge is -2.10. The van der Waals surface area contributed by atoms with Gasteiger partial charge < -0.3 is 10.1 Å². The molecule has 130 valence electrons. The number of carbonyl (C=O) groups is 2. The van der Waals surface area contributed by atoms with Crippen LogP contribution in [0.25, 0.3) is 0 Å². The number of aryl methyl sites for hydroxylation is 1. The molecule has 0 saturated carbocycles. The summed E-state index contributed by atoms with van der Waals surface area (Å²) < 4.78 is 5.72. The van der Waals surface area contributed by atoms with Gasteiger partial charge in [-0.3, -0.25) is 9.59 Å². The number of aldehydes is 1. The highest BCUT2D eigenvalue weighted by Gasteiger charge is 2.09. The van der Waals surface area contributed by atoms with Gasteiger partial charge in [-0.25, -0.2) is 0 Å². The van der Waals surface area contributed by atoms with Gasteiger partial charge in [0.25, 0.3) is 5.91 Å². The SMILES string of the molecule is Cc1ccc(C=O)cc1NC(=O)c1ccc(OCc2ccccc2)cc1. The van der Waals surface area contributed by atoms with E-state index in [9.17, 15) is 9.59 Å². The van der Waals surface area contributed by atoms with Crippen LogP contribution < -0.4 is 10.1 Å². The van der Waals surface area contributed by atoms with Crippen molar-refractivity contribution in [3.05, 3.63) is 95.1 Å². The van der Waals surface area contributed by atoms with E-state index in [4.69, 9.17) is 4.74 Å². The molecule has 0 spiro atoms. The van der Waals surface area contributed by atoms with Crippen LogP contribution >= 0.6 is 0 Å². The third-order valence-corrected chi connectivity index (χ3v) is 4.01. The van der Waals surface area contributed by atoms with Gasteiger partial charge in [-0.2, -0.15) is 0 Å². The summed E-state index contributed by atoms with van der Waals surface area (Å²) in [5.41, 5.74) is 3.65. The second kappa shape index (κ2) is 8.12. The zero-order chi connectivity index (χ0) is 18.4. The van der Waals surface area contributed by atoms with Gasteiger partial charge in [0.1, 0.15) is 18.6 Å². The number of amides is 1. The minimum Gasteiger partial charge on any atom is -0.489 e. The molecule has 0 saturated heterocycles. The standard InChI is InChI=1S/C22H19NO3/c1-16-7-8-18(14-24)13-21(16)23-22(25)19-9-11-20(12-10-19)26-15-17-5-3-2-4-6-17/h2-14H,15H2,1H3,(H,23,25). The fraction of sp³-hybridized carbons (Fsp3) is 0.0909. The Morgan fingerprint density at radius 1 is 1.00 bits per heavy atom. The van der Waals surface area contributed by atoms with Crippen LogP contribution in [0, 0.1) is 6.92 Å². The average molecular weight is 345 g/mol. The monoisotopic (exact) mass is 345 g/mol. The molecule has 0 aromatic heterocycles. The average Bonchev–Trinajstić information content (AvgIpc) is 2.69. The largest absolute Gasteiger partial charge is 0.489 e. The summed E-state index contributed by atoms with van der Waals surface area (Å²) in [6.07, 6.45) is 0.758. The highest BCUT2D eigenvalue weighted by Crippen LogP contribution is 2.19. The van der Waals surface area contributed by atoms with Crippen molar-refractivity contribution in [1.82, 2.24) is 0 Å². The second-order valence-corrected chi connectivity index (χ2v) is 5.94. The molecule has 0 aliphatic carbocycles. The second-order valence-electron chi connectivity index (χ2n) is 5.94. The highest BCUT2D eigenvalue weighted by atomic mass is 16.5. The molecule has 3 rings (SSSR count). The Kier molecular flexibility index (Phi) is 5.44. The number of rotatable bonds is 6. The van der Waals surface area contributed by atoms with Crippen LogP contribution in [-0.4, -0.2) is 12.2 Å². The molecule has 0 atom stereocenters. The molecule has 0 heterocycles. The Balaban J connectivity index is 1.64. The quantitative estimate of drug-likeness (QED) is 0.662. The lowest BCUT2D eigenvalue weighted by Crippen LogP contribution is -2.13. The maximum Gasteiger partial charge on any atom is 0.255 e. The van der Waals surface area contributed by atoms with Crippen LogP contribution in [0.2, 0.25) is 0 Å². The normalized spacial score (nSPS) is 10.2. The van der Waals surface area contributed by atoms with E-state index in [1.54, 1.807) is 42.5 Å². The first-order valence-corrected chi connectivity index (χ1v) is 8.29. The molecular formula is C22H19NO3. The Morgan fingerprint density at radius 3 is 2.42 bits per heavy atom. The summed E-state index contributed by atoms with van der Waals surface area (Å²) in [7, 11) is 0. The van der Waals surface area contributed by atoms with Crippen molar-refractivity contribution >= 4 is 17.9 Å². The Morgan fingerprint density at radius 2 is 1.73 bits per heavy atom. The number of ether oxygens (including phenoxy) is 1. The summed E-state index contributed by atoms with van der Waals surface area (Å²) in [4.78, 5) is 23.3. The molecule has 0 fully saturated rings. The van der Waals surface area contributed by atoms with Gasteiger partial charge in [-0.15, -0.1) is 0 Å². The van der Waals surface area contributed by atoms with Crippen LogP contribution in [0.5, 0.6) is 5.75 Å². The number of hydrogen-bond acceptors (Lipinski definition) is 3. The maximum atomic E-state index is 12.4. The van der Waals surface area contributed by atoms with Crippen LogP contribution in [0.4, 0.5) is 5.69 Å². The molecule has 0 unspecified atom stereocenters. The summed E-state index contributed by atoms with van der Waals surface area (Å²) in [6, 6.07) is 22.1. The molecule has 3 aromatic rings. The van der Waals surface area contributed by atoms with Gasteiger partial charge in [0.15, 0.2) is 0 Å². The first kappa shape index (κ1) is 17.4. The van der Waals surface area contributed by atoms with Gasteiger partial charge in [0, 0.05) is 16.8 Å². The van der Waals surface area contributed by atoms with E-state index >= 15 is 0 Å². The number of hydrogen-bond donors (Lipinski definition) is 1. The van der Waals surface area contributed by atoms with Crippen molar-refractivity contribution < 1.29 is 14.3 Å². The van der Waals surface area contributed by atoms with E-state index in [0.717, 1.165) is 17.4 Å². The third-order valence-electron chi connectivity index (χ3n) is 4.01. The molecule has 4 heteroatoms. The molecule has 3 aromatic carbocycles. The van der Waals surface area contributed by atoms with Gasteiger partial charge in [0.2, 0.25) is 0 Å². The topological polar surface area (TPSA) is 55.4 Å². The predicted molar refractivity (Wildman–Crippen MR) is 102 cm³/mol. The zero-order valence-corrected chi connectivity index (χ0v) is 14.4. The van der Waals surface area contributed by atoms with Crippen molar-refractivity contribution in [2.24, 2.45) is 0 Å². The van der Waals surface area contributed by atoms with Gasteiger partial charge in [-0.05, 0) is 48.4 Å². The molecule has 0 aliphatic rings. The minimum atomic E-state index is -0.231. The number of carbonyl (C=O) groups excluding carboxylic acids is 2. The van der Waals surface area contributed by atoms with Crippen molar-refractivity contribution in [3.63, 3.8) is 0 Å². The first-order chi connectivity index (χ1) is 12.7. The van der Waals surface area contributed by atoms with E-state index < -0.39 is 0 Å². The first-order valence-electron chi connectivity index (χ1n) is 8.29. The summed E-state index contributed by atoms with van der Waals surface area (Å²) in [6.45, 7) is 2.36. The van der Waals surface area contributed by atoms with Crippen molar-refractivity contribution in [2.45, 2.75) is 13.5 Å². The molecule has 1 amide bonds. The smallest absolute Gasteiger partial charge is 0.255 e. The van der Waals surface area contributed by atoms with Crippen LogP contribution in [0.3, 0.4) is 0 Å². The Labute approximate surface area is 152 Å². The fourth-order valence-corrected chi connectivity index (χ4v) is 2.49. The summed E-state index contributed by atoms with van der Waals surface area (Å²) >= 11 is 0. The Hall–Kier alpha value is -3.40. The lowest BCUT2D eigenvalue weighted by molar-refractivity contribution is 0.102. The van der Waals surface area contributed by atoms with E-state index in [-0.39, 0.29) is 5.91 Å². The maximum absolute atomic E-state index is 12.4. The van der Waals surface area contributed by atoms with E-state index in [1.807, 2.05) is 37.3 Å². The molecular weight excluding hydrogens is 326 g/mol. The molecule has 0 radical (unpaired) electrons. The van der Waals surface area contributed by atoms with Gasteiger partial charge in [0.05, 0.1) is 0 Å². The molecule has 0 bridgehead atoms.